The van der Waals surface area contributed by atoms with Crippen molar-refractivity contribution < 1.29 is 0 Å². The molecule has 0 heterocycles. The molecule has 1 rings (SSSR count). The van der Waals surface area contributed by atoms with Gasteiger partial charge in [0.05, 0.1) is 10.1 Å². The first-order chi connectivity index (χ1) is 7.10. The van der Waals surface area contributed by atoms with Gasteiger partial charge in [-0.2, -0.15) is 0 Å². The Hall–Kier alpha value is -0.140. The second-order valence-corrected chi connectivity index (χ2v) is 4.23. The van der Waals surface area contributed by atoms with Crippen LogP contribution in [0.5, 0.6) is 0 Å². The molecular weight excluding hydrogens is 274 g/mol. The minimum atomic E-state index is 0.461. The fourth-order valence-corrected chi connectivity index (χ4v) is 1.82. The lowest BCUT2D eigenvalue weighted by Crippen LogP contribution is -2.25. The van der Waals surface area contributed by atoms with Crippen LogP contribution in [0, 0.1) is 0 Å². The van der Waals surface area contributed by atoms with E-state index in [1.807, 2.05) is 6.92 Å². The van der Waals surface area contributed by atoms with Crippen molar-refractivity contribution in [1.29, 1.82) is 0 Å². The molecule has 0 saturated heterocycles. The zero-order valence-electron chi connectivity index (χ0n) is 7.90. The summed E-state index contributed by atoms with van der Waals surface area (Å²) in [4.78, 5) is 0. The van der Waals surface area contributed by atoms with Crippen molar-refractivity contribution in [3.63, 3.8) is 0 Å². The Morgan fingerprint density at radius 3 is 2.47 bits per heavy atom. The summed E-state index contributed by atoms with van der Waals surface area (Å²) in [6.07, 6.45) is 1.72. The lowest BCUT2D eigenvalue weighted by molar-refractivity contribution is 1.51. The van der Waals surface area contributed by atoms with E-state index in [1.54, 1.807) is 24.3 Å². The molecule has 0 spiro atoms. The Bertz CT molecular complexity index is 500. The van der Waals surface area contributed by atoms with Crippen LogP contribution in [-0.2, 0) is 0 Å². The van der Waals surface area contributed by atoms with Crippen LogP contribution < -0.4 is 10.4 Å². The van der Waals surface area contributed by atoms with E-state index in [0.29, 0.717) is 15.1 Å². The van der Waals surface area contributed by atoms with Crippen molar-refractivity contribution in [3.8, 4) is 0 Å². The summed E-state index contributed by atoms with van der Waals surface area (Å²) in [5.74, 6) is 0. The second kappa shape index (κ2) is 5.81. The molecule has 4 heteroatoms. The number of hydrogen-bond acceptors (Lipinski definition) is 0. The highest BCUT2D eigenvalue weighted by molar-refractivity contribution is 6.57. The topological polar surface area (TPSA) is 0 Å². The molecular formula is C11H8Cl4. The van der Waals surface area contributed by atoms with Crippen molar-refractivity contribution in [3.05, 3.63) is 44.8 Å². The number of benzene rings is 1. The molecule has 0 aliphatic heterocycles. The van der Waals surface area contributed by atoms with Gasteiger partial charge in [-0.3, -0.25) is 0 Å². The first kappa shape index (κ1) is 12.9. The van der Waals surface area contributed by atoms with Crippen LogP contribution in [0.15, 0.2) is 29.3 Å². The maximum atomic E-state index is 6.09. The molecule has 80 valence electrons. The lowest BCUT2D eigenvalue weighted by atomic mass is 10.2. The SMILES string of the molecule is C\C=C(Cl)/C(Cl)=c1/ccc(Cl)c/c1=C\Cl. The predicted molar refractivity (Wildman–Crippen MR) is 69.9 cm³/mol. The van der Waals surface area contributed by atoms with Gasteiger partial charge in [-0.15, -0.1) is 0 Å². The van der Waals surface area contributed by atoms with Crippen molar-refractivity contribution in [2.24, 2.45) is 0 Å². The first-order valence-electron chi connectivity index (χ1n) is 4.18. The molecule has 0 atom stereocenters. The summed E-state index contributed by atoms with van der Waals surface area (Å²) in [6, 6.07) is 5.25. The van der Waals surface area contributed by atoms with Crippen LogP contribution in [0.4, 0.5) is 0 Å². The molecule has 15 heavy (non-hydrogen) atoms. The van der Waals surface area contributed by atoms with E-state index in [9.17, 15) is 0 Å². The number of halogens is 4. The minimum absolute atomic E-state index is 0.461. The number of hydrogen-bond donors (Lipinski definition) is 0. The highest BCUT2D eigenvalue weighted by atomic mass is 35.5. The van der Waals surface area contributed by atoms with Gasteiger partial charge in [0.15, 0.2) is 0 Å². The van der Waals surface area contributed by atoms with E-state index in [-0.39, 0.29) is 0 Å². The summed E-state index contributed by atoms with van der Waals surface area (Å²) in [6.45, 7) is 1.81. The molecule has 1 aromatic carbocycles. The molecule has 0 aliphatic carbocycles. The Morgan fingerprint density at radius 2 is 1.93 bits per heavy atom. The summed E-state index contributed by atoms with van der Waals surface area (Å²) < 4.78 is 0. The van der Waals surface area contributed by atoms with Gasteiger partial charge in [0.25, 0.3) is 0 Å². The molecule has 0 amide bonds. The fourth-order valence-electron chi connectivity index (χ4n) is 1.08. The van der Waals surface area contributed by atoms with E-state index in [1.165, 1.54) is 5.54 Å². The standard InChI is InChI=1S/C11H8Cl4/c1-2-10(14)11(15)9-4-3-8(13)5-7(9)6-12/h2-6H,1H3/b7-6+,10-2+,11-9+. The summed E-state index contributed by atoms with van der Waals surface area (Å²) in [7, 11) is 0. The lowest BCUT2D eigenvalue weighted by Gasteiger charge is -1.97. The molecule has 0 bridgehead atoms. The van der Waals surface area contributed by atoms with Gasteiger partial charge < -0.3 is 0 Å². The first-order valence-corrected chi connectivity index (χ1v) is 5.75. The van der Waals surface area contributed by atoms with Gasteiger partial charge in [-0.05, 0) is 24.3 Å². The van der Waals surface area contributed by atoms with Crippen LogP contribution in [0.3, 0.4) is 0 Å². The summed E-state index contributed by atoms with van der Waals surface area (Å²) in [5.41, 5.74) is 1.42. The predicted octanol–water partition coefficient (Wildman–Crippen LogP) is 3.81. The monoisotopic (exact) mass is 280 g/mol. The van der Waals surface area contributed by atoms with Gasteiger partial charge in [0, 0.05) is 15.8 Å². The van der Waals surface area contributed by atoms with Crippen LogP contribution >= 0.6 is 46.4 Å². The normalized spacial score (nSPS) is 15.5. The third-order valence-corrected chi connectivity index (χ3v) is 3.21. The van der Waals surface area contributed by atoms with E-state index in [4.69, 9.17) is 46.4 Å². The third kappa shape index (κ3) is 3.15. The van der Waals surface area contributed by atoms with Crippen molar-refractivity contribution in [2.75, 3.05) is 0 Å². The van der Waals surface area contributed by atoms with Gasteiger partial charge in [-0.1, -0.05) is 58.5 Å². The molecule has 0 N–H and O–H groups in total. The zero-order valence-corrected chi connectivity index (χ0v) is 10.9. The zero-order chi connectivity index (χ0) is 11.4. The average molecular weight is 282 g/mol. The molecule has 0 radical (unpaired) electrons. The molecule has 0 aromatic heterocycles. The van der Waals surface area contributed by atoms with Gasteiger partial charge in [0.2, 0.25) is 0 Å². The number of allylic oxidation sites excluding steroid dienone is 2. The maximum absolute atomic E-state index is 6.09. The molecule has 1 aromatic rings. The molecule has 0 saturated carbocycles. The largest absolute Gasteiger partial charge is 0.0923 e. The van der Waals surface area contributed by atoms with Gasteiger partial charge in [-0.25, -0.2) is 0 Å². The molecule has 0 fully saturated rings. The van der Waals surface area contributed by atoms with Crippen LogP contribution in [0.1, 0.15) is 6.92 Å². The van der Waals surface area contributed by atoms with Crippen molar-refractivity contribution in [1.82, 2.24) is 0 Å². The quantitative estimate of drug-likeness (QED) is 0.734. The van der Waals surface area contributed by atoms with Gasteiger partial charge in [0.1, 0.15) is 0 Å². The average Bonchev–Trinajstić information content (AvgIpc) is 2.26. The third-order valence-electron chi connectivity index (χ3n) is 1.83. The van der Waals surface area contributed by atoms with E-state index >= 15 is 0 Å². The van der Waals surface area contributed by atoms with Crippen molar-refractivity contribution in [2.45, 2.75) is 6.92 Å². The highest BCUT2D eigenvalue weighted by Gasteiger charge is 2.00. The van der Waals surface area contributed by atoms with Crippen LogP contribution in [0.25, 0.3) is 10.6 Å². The molecule has 0 unspecified atom stereocenters. The highest BCUT2D eigenvalue weighted by Crippen LogP contribution is 2.17. The Kier molecular flexibility index (Phi) is 5.01. The Labute approximate surface area is 108 Å². The second-order valence-electron chi connectivity index (χ2n) is 2.79. The fraction of sp³-hybridized carbons (Fsp3) is 0.0909. The van der Waals surface area contributed by atoms with Gasteiger partial charge >= 0.3 is 0 Å². The van der Waals surface area contributed by atoms with Crippen LogP contribution in [0.2, 0.25) is 5.02 Å². The minimum Gasteiger partial charge on any atom is -0.0923 e. The molecule has 0 nitrogen and oxygen atoms in total. The van der Waals surface area contributed by atoms with Crippen molar-refractivity contribution >= 4 is 57.0 Å². The maximum Gasteiger partial charge on any atom is 0.0667 e. The molecule has 0 aliphatic rings. The summed E-state index contributed by atoms with van der Waals surface area (Å²) >= 11 is 23.5. The van der Waals surface area contributed by atoms with E-state index in [0.717, 1.165) is 10.4 Å². The van der Waals surface area contributed by atoms with E-state index < -0.39 is 0 Å². The Morgan fingerprint density at radius 1 is 1.27 bits per heavy atom. The summed E-state index contributed by atoms with van der Waals surface area (Å²) in [5, 5.41) is 3.06. The Balaban J connectivity index is 3.65. The van der Waals surface area contributed by atoms with E-state index in [2.05, 4.69) is 0 Å². The smallest absolute Gasteiger partial charge is 0.0667 e. The number of rotatable bonds is 1. The van der Waals surface area contributed by atoms with Crippen LogP contribution in [-0.4, -0.2) is 0 Å².